The second-order valence-corrected chi connectivity index (χ2v) is 5.07. The quantitative estimate of drug-likeness (QED) is 0.935. The molecule has 1 N–H and O–H groups in total. The van der Waals surface area contributed by atoms with Crippen molar-refractivity contribution in [1.82, 2.24) is 9.55 Å². The maximum absolute atomic E-state index is 10.9. The van der Waals surface area contributed by atoms with E-state index in [1.165, 1.54) is 0 Å². The van der Waals surface area contributed by atoms with Crippen molar-refractivity contribution in [2.75, 3.05) is 0 Å². The molecule has 0 bridgehead atoms. The van der Waals surface area contributed by atoms with Crippen molar-refractivity contribution < 1.29 is 9.90 Å². The molecule has 1 heterocycles. The van der Waals surface area contributed by atoms with Gasteiger partial charge in [-0.05, 0) is 24.1 Å². The number of allylic oxidation sites excluding steroid dienone is 4. The minimum Gasteiger partial charge on any atom is -0.478 e. The molecule has 0 saturated carbocycles. The van der Waals surface area contributed by atoms with E-state index in [9.17, 15) is 4.79 Å². The molecule has 4 nitrogen and oxygen atoms in total. The van der Waals surface area contributed by atoms with E-state index < -0.39 is 5.97 Å². The SMILES string of the molecule is O=C(O)c1ccc(Cn2ccnc2C2C=CC=CC2)cc1. The molecular formula is C17H16N2O2. The number of carboxylic acid groups (broad SMARTS) is 1. The lowest BCUT2D eigenvalue weighted by molar-refractivity contribution is 0.0697. The van der Waals surface area contributed by atoms with Crippen molar-refractivity contribution in [1.29, 1.82) is 0 Å². The Balaban J connectivity index is 1.79. The summed E-state index contributed by atoms with van der Waals surface area (Å²) in [4.78, 5) is 15.3. The first-order chi connectivity index (χ1) is 10.2. The first-order valence-electron chi connectivity index (χ1n) is 6.90. The number of carbonyl (C=O) groups is 1. The summed E-state index contributed by atoms with van der Waals surface area (Å²) in [5, 5.41) is 8.92. The molecule has 4 heteroatoms. The lowest BCUT2D eigenvalue weighted by Crippen LogP contribution is -2.09. The number of imidazole rings is 1. The molecule has 3 rings (SSSR count). The van der Waals surface area contributed by atoms with Gasteiger partial charge in [-0.3, -0.25) is 0 Å². The van der Waals surface area contributed by atoms with Crippen LogP contribution in [0.15, 0.2) is 61.0 Å². The third-order valence-electron chi connectivity index (χ3n) is 3.61. The maximum atomic E-state index is 10.9. The van der Waals surface area contributed by atoms with Crippen molar-refractivity contribution in [2.24, 2.45) is 0 Å². The van der Waals surface area contributed by atoms with E-state index in [-0.39, 0.29) is 0 Å². The molecule has 1 aliphatic carbocycles. The van der Waals surface area contributed by atoms with Gasteiger partial charge in [0.2, 0.25) is 0 Å². The molecule has 1 unspecified atom stereocenters. The molecule has 0 radical (unpaired) electrons. The highest BCUT2D eigenvalue weighted by atomic mass is 16.4. The Morgan fingerprint density at radius 1 is 1.29 bits per heavy atom. The number of carboxylic acids is 1. The van der Waals surface area contributed by atoms with Gasteiger partial charge in [-0.25, -0.2) is 9.78 Å². The molecule has 0 aliphatic heterocycles. The maximum Gasteiger partial charge on any atom is 0.335 e. The fourth-order valence-corrected chi connectivity index (χ4v) is 2.50. The summed E-state index contributed by atoms with van der Waals surface area (Å²) in [5.41, 5.74) is 1.37. The van der Waals surface area contributed by atoms with Crippen LogP contribution in [0.2, 0.25) is 0 Å². The van der Waals surface area contributed by atoms with Crippen LogP contribution in [-0.2, 0) is 6.54 Å². The van der Waals surface area contributed by atoms with Gasteiger partial charge in [0.25, 0.3) is 0 Å². The second kappa shape index (κ2) is 5.79. The highest BCUT2D eigenvalue weighted by molar-refractivity contribution is 5.87. The van der Waals surface area contributed by atoms with Crippen LogP contribution >= 0.6 is 0 Å². The van der Waals surface area contributed by atoms with E-state index in [2.05, 4.69) is 33.9 Å². The number of hydrogen-bond acceptors (Lipinski definition) is 2. The molecule has 106 valence electrons. The second-order valence-electron chi connectivity index (χ2n) is 5.07. The smallest absolute Gasteiger partial charge is 0.335 e. The number of aromatic carboxylic acids is 1. The fraction of sp³-hybridized carbons (Fsp3) is 0.176. The highest BCUT2D eigenvalue weighted by Crippen LogP contribution is 2.23. The Labute approximate surface area is 123 Å². The van der Waals surface area contributed by atoms with Gasteiger partial charge in [0, 0.05) is 24.9 Å². The summed E-state index contributed by atoms with van der Waals surface area (Å²) >= 11 is 0. The zero-order chi connectivity index (χ0) is 14.7. The molecule has 1 aromatic carbocycles. The molecule has 2 aromatic rings. The molecule has 1 atom stereocenters. The highest BCUT2D eigenvalue weighted by Gasteiger charge is 2.14. The first-order valence-corrected chi connectivity index (χ1v) is 6.90. The molecule has 0 spiro atoms. The Kier molecular flexibility index (Phi) is 3.69. The van der Waals surface area contributed by atoms with Crippen LogP contribution in [0.5, 0.6) is 0 Å². The predicted octanol–water partition coefficient (Wildman–Crippen LogP) is 3.23. The molecule has 0 fully saturated rings. The fourth-order valence-electron chi connectivity index (χ4n) is 2.50. The zero-order valence-electron chi connectivity index (χ0n) is 11.5. The van der Waals surface area contributed by atoms with E-state index >= 15 is 0 Å². The van der Waals surface area contributed by atoms with Crippen molar-refractivity contribution in [3.63, 3.8) is 0 Å². The largest absolute Gasteiger partial charge is 0.478 e. The third-order valence-corrected chi connectivity index (χ3v) is 3.61. The van der Waals surface area contributed by atoms with Gasteiger partial charge < -0.3 is 9.67 Å². The minimum atomic E-state index is -0.899. The lowest BCUT2D eigenvalue weighted by atomic mass is 10.00. The van der Waals surface area contributed by atoms with Crippen LogP contribution in [0, 0.1) is 0 Å². The number of aromatic nitrogens is 2. The summed E-state index contributed by atoms with van der Waals surface area (Å²) in [6.45, 7) is 0.698. The average Bonchev–Trinajstić information content (AvgIpc) is 2.97. The number of nitrogens with zero attached hydrogens (tertiary/aromatic N) is 2. The zero-order valence-corrected chi connectivity index (χ0v) is 11.5. The van der Waals surface area contributed by atoms with Crippen molar-refractivity contribution in [2.45, 2.75) is 18.9 Å². The van der Waals surface area contributed by atoms with Gasteiger partial charge in [-0.15, -0.1) is 0 Å². The predicted molar refractivity (Wildman–Crippen MR) is 80.4 cm³/mol. The van der Waals surface area contributed by atoms with Crippen LogP contribution in [-0.4, -0.2) is 20.6 Å². The number of rotatable bonds is 4. The van der Waals surface area contributed by atoms with Crippen LogP contribution in [0.25, 0.3) is 0 Å². The molecule has 0 saturated heterocycles. The van der Waals surface area contributed by atoms with Gasteiger partial charge in [0.1, 0.15) is 5.82 Å². The first kappa shape index (κ1) is 13.4. The Bertz CT molecular complexity index is 696. The van der Waals surface area contributed by atoms with E-state index in [4.69, 9.17) is 5.11 Å². The number of benzene rings is 1. The van der Waals surface area contributed by atoms with Crippen molar-refractivity contribution in [3.8, 4) is 0 Å². The van der Waals surface area contributed by atoms with E-state index in [0.29, 0.717) is 18.0 Å². The monoisotopic (exact) mass is 280 g/mol. The van der Waals surface area contributed by atoms with Gasteiger partial charge in [0.05, 0.1) is 5.56 Å². The topological polar surface area (TPSA) is 55.1 Å². The van der Waals surface area contributed by atoms with Gasteiger partial charge in [-0.2, -0.15) is 0 Å². The van der Waals surface area contributed by atoms with Gasteiger partial charge in [0.15, 0.2) is 0 Å². The molecule has 21 heavy (non-hydrogen) atoms. The van der Waals surface area contributed by atoms with Gasteiger partial charge in [-0.1, -0.05) is 36.4 Å². The van der Waals surface area contributed by atoms with E-state index in [1.807, 2.05) is 24.5 Å². The minimum absolute atomic E-state index is 0.309. The van der Waals surface area contributed by atoms with Crippen LogP contribution in [0.3, 0.4) is 0 Å². The summed E-state index contributed by atoms with van der Waals surface area (Å²) < 4.78 is 2.12. The third kappa shape index (κ3) is 2.94. The summed E-state index contributed by atoms with van der Waals surface area (Å²) in [6, 6.07) is 6.97. The Morgan fingerprint density at radius 3 is 2.76 bits per heavy atom. The Hall–Kier alpha value is -2.62. The normalized spacial score (nSPS) is 17.0. The molecular weight excluding hydrogens is 264 g/mol. The van der Waals surface area contributed by atoms with Crippen molar-refractivity contribution >= 4 is 5.97 Å². The Morgan fingerprint density at radius 2 is 2.10 bits per heavy atom. The molecule has 1 aliphatic rings. The summed E-state index contributed by atoms with van der Waals surface area (Å²) in [7, 11) is 0. The lowest BCUT2D eigenvalue weighted by Gasteiger charge is -2.15. The molecule has 0 amide bonds. The molecule has 1 aromatic heterocycles. The summed E-state index contributed by atoms with van der Waals surface area (Å²) in [6.07, 6.45) is 13.1. The van der Waals surface area contributed by atoms with Crippen molar-refractivity contribution in [3.05, 3.63) is 77.9 Å². The average molecular weight is 280 g/mol. The van der Waals surface area contributed by atoms with Crippen LogP contribution in [0.4, 0.5) is 0 Å². The summed E-state index contributed by atoms with van der Waals surface area (Å²) in [5.74, 6) is 0.449. The standard InChI is InChI=1S/C17H16N2O2/c20-17(21)15-8-6-13(7-9-15)12-19-11-10-18-16(19)14-4-2-1-3-5-14/h1-4,6-11,14H,5,12H2,(H,20,21). The van der Waals surface area contributed by atoms with E-state index in [0.717, 1.165) is 17.8 Å². The van der Waals surface area contributed by atoms with Crippen LogP contribution in [0.1, 0.15) is 34.1 Å². The van der Waals surface area contributed by atoms with Gasteiger partial charge >= 0.3 is 5.97 Å². The number of hydrogen-bond donors (Lipinski definition) is 1. The van der Waals surface area contributed by atoms with E-state index in [1.54, 1.807) is 12.1 Å². The van der Waals surface area contributed by atoms with Crippen LogP contribution < -0.4 is 0 Å².